The molecule has 1 nitrogen and oxygen atoms in total. The Morgan fingerprint density at radius 3 is 2.53 bits per heavy atom. The molecule has 0 spiro atoms. The van der Waals surface area contributed by atoms with Crippen LogP contribution in [0.2, 0.25) is 0 Å². The Balaban J connectivity index is 2.89. The molecule has 0 radical (unpaired) electrons. The Kier molecular flexibility index (Phi) is 4.60. The van der Waals surface area contributed by atoms with Gasteiger partial charge < -0.3 is 4.74 Å². The molecule has 1 rings (SSSR count). The highest BCUT2D eigenvalue weighted by Crippen LogP contribution is 2.28. The lowest BCUT2D eigenvalue weighted by Crippen LogP contribution is -1.98. The second-order valence-corrected chi connectivity index (χ2v) is 3.79. The first-order valence-electron chi connectivity index (χ1n) is 5.56. The van der Waals surface area contributed by atoms with Crippen LogP contribution in [-0.4, -0.2) is 7.11 Å². The molecule has 84 valence electrons. The van der Waals surface area contributed by atoms with Crippen LogP contribution in [0.4, 0.5) is 4.39 Å². The fourth-order valence-electron chi connectivity index (χ4n) is 1.89. The minimum Gasteiger partial charge on any atom is -0.494 e. The third-order valence-electron chi connectivity index (χ3n) is 2.78. The van der Waals surface area contributed by atoms with E-state index in [2.05, 4.69) is 13.8 Å². The van der Waals surface area contributed by atoms with Gasteiger partial charge in [0.2, 0.25) is 0 Å². The third kappa shape index (κ3) is 2.95. The van der Waals surface area contributed by atoms with E-state index in [1.54, 1.807) is 12.1 Å². The van der Waals surface area contributed by atoms with Gasteiger partial charge in [-0.15, -0.1) is 0 Å². The molecular formula is C13H19FO. The highest BCUT2D eigenvalue weighted by Gasteiger charge is 2.11. The molecule has 0 saturated carbocycles. The summed E-state index contributed by atoms with van der Waals surface area (Å²) in [6.07, 6.45) is 3.30. The molecule has 1 aromatic rings. The molecule has 0 aliphatic heterocycles. The summed E-state index contributed by atoms with van der Waals surface area (Å²) in [4.78, 5) is 0. The summed E-state index contributed by atoms with van der Waals surface area (Å²) < 4.78 is 18.4. The largest absolute Gasteiger partial charge is 0.494 e. The van der Waals surface area contributed by atoms with Crippen LogP contribution in [0.15, 0.2) is 18.2 Å². The molecule has 0 aromatic heterocycles. The normalized spacial score (nSPS) is 12.5. The summed E-state index contributed by atoms with van der Waals surface area (Å²) in [6, 6.07) is 5.28. The van der Waals surface area contributed by atoms with Crippen molar-refractivity contribution in [3.05, 3.63) is 29.6 Å². The number of hydrogen-bond donors (Lipinski definition) is 0. The number of rotatable bonds is 5. The van der Waals surface area contributed by atoms with Crippen molar-refractivity contribution < 1.29 is 9.13 Å². The van der Waals surface area contributed by atoms with E-state index in [4.69, 9.17) is 4.74 Å². The molecule has 1 unspecified atom stereocenters. The van der Waals surface area contributed by atoms with Crippen molar-refractivity contribution in [3.63, 3.8) is 0 Å². The molecule has 2 heteroatoms. The zero-order chi connectivity index (χ0) is 11.3. The highest BCUT2D eigenvalue weighted by atomic mass is 19.1. The van der Waals surface area contributed by atoms with Gasteiger partial charge in [-0.05, 0) is 36.5 Å². The van der Waals surface area contributed by atoms with E-state index in [0.29, 0.717) is 11.7 Å². The molecule has 0 fully saturated rings. The summed E-state index contributed by atoms with van der Waals surface area (Å²) in [7, 11) is 1.49. The predicted octanol–water partition coefficient (Wildman–Crippen LogP) is 4.13. The maximum absolute atomic E-state index is 13.5. The lowest BCUT2D eigenvalue weighted by molar-refractivity contribution is 0.385. The van der Waals surface area contributed by atoms with Crippen molar-refractivity contribution in [1.29, 1.82) is 0 Å². The number of methoxy groups -OCH3 is 1. The van der Waals surface area contributed by atoms with Gasteiger partial charge in [-0.25, -0.2) is 4.39 Å². The quantitative estimate of drug-likeness (QED) is 0.710. The van der Waals surface area contributed by atoms with Crippen LogP contribution in [0.3, 0.4) is 0 Å². The molecule has 0 N–H and O–H groups in total. The highest BCUT2D eigenvalue weighted by molar-refractivity contribution is 5.31. The van der Waals surface area contributed by atoms with Gasteiger partial charge in [0.25, 0.3) is 0 Å². The molecule has 1 atom stereocenters. The van der Waals surface area contributed by atoms with E-state index in [9.17, 15) is 4.39 Å². The molecular weight excluding hydrogens is 191 g/mol. The van der Waals surface area contributed by atoms with Crippen LogP contribution in [0.25, 0.3) is 0 Å². The molecule has 0 amide bonds. The van der Waals surface area contributed by atoms with Gasteiger partial charge in [0.1, 0.15) is 0 Å². The lowest BCUT2D eigenvalue weighted by atomic mass is 9.92. The van der Waals surface area contributed by atoms with Gasteiger partial charge in [0, 0.05) is 0 Å². The van der Waals surface area contributed by atoms with Crippen LogP contribution in [0.1, 0.15) is 44.6 Å². The smallest absolute Gasteiger partial charge is 0.165 e. The third-order valence-corrected chi connectivity index (χ3v) is 2.78. The van der Waals surface area contributed by atoms with Crippen molar-refractivity contribution in [2.24, 2.45) is 0 Å². The molecule has 15 heavy (non-hydrogen) atoms. The van der Waals surface area contributed by atoms with Crippen LogP contribution in [0.5, 0.6) is 5.75 Å². The van der Waals surface area contributed by atoms with Crippen molar-refractivity contribution >= 4 is 0 Å². The van der Waals surface area contributed by atoms with Gasteiger partial charge >= 0.3 is 0 Å². The van der Waals surface area contributed by atoms with Gasteiger partial charge in [0.05, 0.1) is 7.11 Å². The van der Waals surface area contributed by atoms with E-state index >= 15 is 0 Å². The number of benzene rings is 1. The summed E-state index contributed by atoms with van der Waals surface area (Å²) in [5, 5.41) is 0. The number of halogens is 1. The van der Waals surface area contributed by atoms with Gasteiger partial charge in [0.15, 0.2) is 11.6 Å². The first kappa shape index (κ1) is 12.0. The van der Waals surface area contributed by atoms with Crippen LogP contribution >= 0.6 is 0 Å². The molecule has 0 heterocycles. The van der Waals surface area contributed by atoms with Crippen molar-refractivity contribution in [3.8, 4) is 5.75 Å². The Morgan fingerprint density at radius 1 is 1.33 bits per heavy atom. The average molecular weight is 210 g/mol. The first-order valence-corrected chi connectivity index (χ1v) is 5.56. The molecule has 0 aliphatic rings. The molecule has 1 aromatic carbocycles. The van der Waals surface area contributed by atoms with Gasteiger partial charge in [-0.3, -0.25) is 0 Å². The minimum absolute atomic E-state index is 0.260. The fraction of sp³-hybridized carbons (Fsp3) is 0.538. The van der Waals surface area contributed by atoms with Gasteiger partial charge in [-0.1, -0.05) is 26.3 Å². The van der Waals surface area contributed by atoms with E-state index in [1.165, 1.54) is 7.11 Å². The number of hydrogen-bond acceptors (Lipinski definition) is 1. The minimum atomic E-state index is -0.260. The topological polar surface area (TPSA) is 9.23 Å². The Morgan fingerprint density at radius 2 is 2.07 bits per heavy atom. The van der Waals surface area contributed by atoms with Crippen molar-refractivity contribution in [1.82, 2.24) is 0 Å². The van der Waals surface area contributed by atoms with E-state index < -0.39 is 0 Å². The average Bonchev–Trinajstić information content (AvgIpc) is 2.25. The predicted molar refractivity (Wildman–Crippen MR) is 60.9 cm³/mol. The Hall–Kier alpha value is -1.05. The summed E-state index contributed by atoms with van der Waals surface area (Å²) in [6.45, 7) is 4.30. The zero-order valence-corrected chi connectivity index (χ0v) is 9.72. The maximum Gasteiger partial charge on any atom is 0.165 e. The van der Waals surface area contributed by atoms with Gasteiger partial charge in [-0.2, -0.15) is 0 Å². The monoisotopic (exact) mass is 210 g/mol. The van der Waals surface area contributed by atoms with Crippen LogP contribution in [0, 0.1) is 5.82 Å². The summed E-state index contributed by atoms with van der Waals surface area (Å²) in [5.74, 6) is 0.532. The van der Waals surface area contributed by atoms with Crippen LogP contribution in [-0.2, 0) is 0 Å². The second-order valence-electron chi connectivity index (χ2n) is 3.79. The van der Waals surface area contributed by atoms with E-state index in [1.807, 2.05) is 6.07 Å². The maximum atomic E-state index is 13.5. The first-order chi connectivity index (χ1) is 7.22. The summed E-state index contributed by atoms with van der Waals surface area (Å²) >= 11 is 0. The molecule has 0 bridgehead atoms. The van der Waals surface area contributed by atoms with Crippen LogP contribution < -0.4 is 4.74 Å². The number of ether oxygens (including phenoxy) is 1. The Labute approximate surface area is 91.3 Å². The van der Waals surface area contributed by atoms with Crippen molar-refractivity contribution in [2.75, 3.05) is 7.11 Å². The van der Waals surface area contributed by atoms with E-state index in [0.717, 1.165) is 24.8 Å². The lowest BCUT2D eigenvalue weighted by Gasteiger charge is -2.15. The van der Waals surface area contributed by atoms with E-state index in [-0.39, 0.29) is 5.82 Å². The standard InChI is InChI=1S/C13H19FO/c1-4-6-10(5-2)11-7-8-13(15-3)12(14)9-11/h7-10H,4-6H2,1-3H3. The SMILES string of the molecule is CCCC(CC)c1ccc(OC)c(F)c1. The van der Waals surface area contributed by atoms with Crippen molar-refractivity contribution in [2.45, 2.75) is 39.0 Å². The molecule has 0 aliphatic carbocycles. The summed E-state index contributed by atoms with van der Waals surface area (Å²) in [5.41, 5.74) is 1.08. The Bertz CT molecular complexity index is 309. The molecule has 0 saturated heterocycles. The second kappa shape index (κ2) is 5.74. The fourth-order valence-corrected chi connectivity index (χ4v) is 1.89. The zero-order valence-electron chi connectivity index (χ0n) is 9.72.